The van der Waals surface area contributed by atoms with Crippen LogP contribution in [0.2, 0.25) is 0 Å². The van der Waals surface area contributed by atoms with Gasteiger partial charge in [-0.05, 0) is 32.0 Å². The van der Waals surface area contributed by atoms with E-state index in [1.807, 2.05) is 24.5 Å². The molecule has 0 bridgehead atoms. The highest BCUT2D eigenvalue weighted by molar-refractivity contribution is 6.04. The van der Waals surface area contributed by atoms with E-state index in [0.29, 0.717) is 48.9 Å². The molecule has 1 aliphatic rings. The minimum atomic E-state index is -0.273. The van der Waals surface area contributed by atoms with Crippen molar-refractivity contribution in [3.8, 4) is 6.07 Å². The number of hydrogen-bond acceptors (Lipinski definition) is 6. The van der Waals surface area contributed by atoms with Gasteiger partial charge in [0, 0.05) is 31.6 Å². The summed E-state index contributed by atoms with van der Waals surface area (Å²) >= 11 is 0. The van der Waals surface area contributed by atoms with E-state index in [1.165, 1.54) is 0 Å². The Labute approximate surface area is 180 Å². The van der Waals surface area contributed by atoms with Crippen LogP contribution in [0, 0.1) is 23.7 Å². The molecular weight excluding hydrogens is 394 g/mol. The number of imidazole rings is 1. The molecule has 0 saturated carbocycles. The molecule has 1 amide bonds. The second kappa shape index (κ2) is 7.71. The van der Waals surface area contributed by atoms with Crippen LogP contribution in [0.5, 0.6) is 0 Å². The van der Waals surface area contributed by atoms with Crippen LogP contribution in [0.1, 0.15) is 42.5 Å². The number of hydrogen-bond donors (Lipinski definition) is 2. The fraction of sp³-hybridized carbons (Fsp3) is 0.455. The smallest absolute Gasteiger partial charge is 0.276 e. The highest BCUT2D eigenvalue weighted by Crippen LogP contribution is 2.38. The van der Waals surface area contributed by atoms with Crippen LogP contribution < -0.4 is 10.2 Å². The number of carbonyl (C=O) groups is 1. The van der Waals surface area contributed by atoms with Crippen LogP contribution in [-0.4, -0.2) is 50.0 Å². The van der Waals surface area contributed by atoms with Gasteiger partial charge in [-0.1, -0.05) is 13.8 Å². The maximum Gasteiger partial charge on any atom is 0.276 e. The van der Waals surface area contributed by atoms with Gasteiger partial charge in [-0.15, -0.1) is 0 Å². The first-order valence-corrected chi connectivity index (χ1v) is 10.4. The molecule has 1 aliphatic heterocycles. The van der Waals surface area contributed by atoms with Crippen molar-refractivity contribution in [3.63, 3.8) is 0 Å². The van der Waals surface area contributed by atoms with E-state index < -0.39 is 0 Å². The van der Waals surface area contributed by atoms with Gasteiger partial charge in [-0.25, -0.2) is 4.98 Å². The Kier molecular flexibility index (Phi) is 5.19. The zero-order valence-electron chi connectivity index (χ0n) is 18.3. The molecule has 9 nitrogen and oxygen atoms in total. The molecule has 3 aromatic rings. The van der Waals surface area contributed by atoms with Gasteiger partial charge in [-0.3, -0.25) is 14.8 Å². The quantitative estimate of drug-likeness (QED) is 0.655. The molecule has 3 heterocycles. The summed E-state index contributed by atoms with van der Waals surface area (Å²) in [5, 5.41) is 26.5. The number of aryl methyl sites for hydroxylation is 2. The molecule has 0 radical (unpaired) electrons. The average Bonchev–Trinajstić information content (AvgIpc) is 3.22. The fourth-order valence-corrected chi connectivity index (χ4v) is 4.34. The zero-order valence-corrected chi connectivity index (χ0v) is 18.3. The van der Waals surface area contributed by atoms with Crippen molar-refractivity contribution in [1.82, 2.24) is 19.3 Å². The highest BCUT2D eigenvalue weighted by Gasteiger charge is 2.32. The van der Waals surface area contributed by atoms with Crippen LogP contribution >= 0.6 is 0 Å². The average molecular weight is 422 g/mol. The third-order valence-corrected chi connectivity index (χ3v) is 5.53. The number of β-amino-alcohol motifs (C(OH)–C–C–N with tert-alkyl or cyclic N) is 1. The summed E-state index contributed by atoms with van der Waals surface area (Å²) in [4.78, 5) is 19.8. The van der Waals surface area contributed by atoms with Gasteiger partial charge in [0.15, 0.2) is 0 Å². The molecule has 0 aliphatic carbocycles. The van der Waals surface area contributed by atoms with E-state index in [4.69, 9.17) is 0 Å². The molecule has 4 rings (SSSR count). The molecule has 9 heteroatoms. The minimum Gasteiger partial charge on any atom is -0.395 e. The summed E-state index contributed by atoms with van der Waals surface area (Å²) in [6.45, 7) is 10.5. The predicted molar refractivity (Wildman–Crippen MR) is 118 cm³/mol. The number of aliphatic hydroxyl groups is 1. The van der Waals surface area contributed by atoms with Crippen molar-refractivity contribution >= 4 is 28.6 Å². The van der Waals surface area contributed by atoms with Gasteiger partial charge < -0.3 is 14.6 Å². The number of rotatable bonds is 5. The summed E-state index contributed by atoms with van der Waals surface area (Å²) < 4.78 is 3.68. The number of benzene rings is 1. The van der Waals surface area contributed by atoms with E-state index in [0.717, 1.165) is 16.9 Å². The first kappa shape index (κ1) is 20.9. The summed E-state index contributed by atoms with van der Waals surface area (Å²) in [5.74, 6) is 0.169. The molecule has 1 aromatic carbocycles. The molecule has 2 N–H and O–H groups in total. The van der Waals surface area contributed by atoms with Crippen molar-refractivity contribution in [1.29, 1.82) is 5.26 Å². The highest BCUT2D eigenvalue weighted by atomic mass is 16.3. The lowest BCUT2D eigenvalue weighted by atomic mass is 9.93. The zero-order chi connectivity index (χ0) is 22.3. The molecule has 31 heavy (non-hydrogen) atoms. The van der Waals surface area contributed by atoms with Gasteiger partial charge in [0.2, 0.25) is 5.95 Å². The number of carbonyl (C=O) groups excluding carboxylic acids is 1. The molecule has 162 valence electrons. The monoisotopic (exact) mass is 421 g/mol. The summed E-state index contributed by atoms with van der Waals surface area (Å²) in [6, 6.07) is 7.53. The van der Waals surface area contributed by atoms with Gasteiger partial charge in [0.25, 0.3) is 5.91 Å². The van der Waals surface area contributed by atoms with Crippen molar-refractivity contribution in [3.05, 3.63) is 35.2 Å². The molecular formula is C22H27N7O2. The van der Waals surface area contributed by atoms with Crippen molar-refractivity contribution in [2.24, 2.45) is 5.41 Å². The normalized spacial score (nSPS) is 15.0. The molecule has 2 aromatic heterocycles. The Morgan fingerprint density at radius 2 is 2.10 bits per heavy atom. The molecule has 0 atom stereocenters. The summed E-state index contributed by atoms with van der Waals surface area (Å²) in [5.41, 5.74) is 3.94. The number of amides is 1. The second-order valence-corrected chi connectivity index (χ2v) is 8.75. The van der Waals surface area contributed by atoms with Gasteiger partial charge >= 0.3 is 0 Å². The summed E-state index contributed by atoms with van der Waals surface area (Å²) in [7, 11) is 0. The maximum absolute atomic E-state index is 13.1. The van der Waals surface area contributed by atoms with E-state index in [1.54, 1.807) is 16.8 Å². The first-order chi connectivity index (χ1) is 14.8. The van der Waals surface area contributed by atoms with Gasteiger partial charge in [-0.2, -0.15) is 10.4 Å². The van der Waals surface area contributed by atoms with Crippen molar-refractivity contribution in [2.45, 2.75) is 40.8 Å². The predicted octanol–water partition coefficient (Wildman–Crippen LogP) is 2.52. The lowest BCUT2D eigenvalue weighted by Gasteiger charge is -2.31. The van der Waals surface area contributed by atoms with Crippen LogP contribution in [-0.2, 0) is 13.1 Å². The second-order valence-electron chi connectivity index (χ2n) is 8.75. The molecule has 0 saturated heterocycles. The van der Waals surface area contributed by atoms with Crippen LogP contribution in [0.25, 0.3) is 11.0 Å². The standard InChI is InChI=1S/C22H27N7O2/c1-5-29-18(8-14(2)26-29)20(31)25-21-24-16-9-15(11-23)10-17-19(16)28(21)13-22(3,4)12-27(17)6-7-30/h8-10,30H,5-7,12-13H2,1-4H3,(H,24,25,31). The third kappa shape index (κ3) is 3.75. The van der Waals surface area contributed by atoms with E-state index in [-0.39, 0.29) is 17.9 Å². The molecule has 0 unspecified atom stereocenters. The third-order valence-electron chi connectivity index (χ3n) is 5.53. The first-order valence-electron chi connectivity index (χ1n) is 10.4. The Morgan fingerprint density at radius 3 is 2.77 bits per heavy atom. The Balaban J connectivity index is 1.86. The van der Waals surface area contributed by atoms with E-state index in [2.05, 4.69) is 40.2 Å². The largest absolute Gasteiger partial charge is 0.395 e. The number of aromatic nitrogens is 4. The number of nitrogens with zero attached hydrogens (tertiary/aromatic N) is 6. The lowest BCUT2D eigenvalue weighted by molar-refractivity contribution is 0.101. The van der Waals surface area contributed by atoms with E-state index >= 15 is 0 Å². The fourth-order valence-electron chi connectivity index (χ4n) is 4.34. The van der Waals surface area contributed by atoms with Crippen molar-refractivity contribution < 1.29 is 9.90 Å². The van der Waals surface area contributed by atoms with Crippen LogP contribution in [0.3, 0.4) is 0 Å². The maximum atomic E-state index is 13.1. The van der Waals surface area contributed by atoms with Gasteiger partial charge in [0.1, 0.15) is 5.69 Å². The SMILES string of the molecule is CCn1nc(C)cc1C(=O)Nc1nc2cc(C#N)cc3c2n1CC(C)(C)CN3CCO. The minimum absolute atomic E-state index is 0.00639. The van der Waals surface area contributed by atoms with E-state index in [9.17, 15) is 15.2 Å². The number of aliphatic hydroxyl groups excluding tert-OH is 1. The molecule has 0 spiro atoms. The number of nitriles is 1. The Hall–Kier alpha value is -3.38. The van der Waals surface area contributed by atoms with Crippen LogP contribution in [0.4, 0.5) is 11.6 Å². The summed E-state index contributed by atoms with van der Waals surface area (Å²) in [6.07, 6.45) is 0. The number of nitrogens with one attached hydrogen (secondary N) is 1. The topological polar surface area (TPSA) is 112 Å². The number of anilines is 2. The van der Waals surface area contributed by atoms with Gasteiger partial charge in [0.05, 0.1) is 40.7 Å². The lowest BCUT2D eigenvalue weighted by Crippen LogP contribution is -2.36. The van der Waals surface area contributed by atoms with Crippen LogP contribution in [0.15, 0.2) is 18.2 Å². The van der Waals surface area contributed by atoms with Crippen molar-refractivity contribution in [2.75, 3.05) is 29.9 Å². The molecule has 0 fully saturated rings. The Morgan fingerprint density at radius 1 is 1.32 bits per heavy atom. The Bertz CT molecular complexity index is 1200.